The summed E-state index contributed by atoms with van der Waals surface area (Å²) < 4.78 is 7.62. The van der Waals surface area contributed by atoms with E-state index in [0.29, 0.717) is 25.2 Å². The monoisotopic (exact) mass is 386 g/mol. The van der Waals surface area contributed by atoms with E-state index in [2.05, 4.69) is 15.4 Å². The Kier molecular flexibility index (Phi) is 5.52. The van der Waals surface area contributed by atoms with Gasteiger partial charge in [0.2, 0.25) is 5.91 Å². The van der Waals surface area contributed by atoms with Crippen molar-refractivity contribution in [3.63, 3.8) is 0 Å². The van der Waals surface area contributed by atoms with Gasteiger partial charge in [-0.1, -0.05) is 36.4 Å². The molecule has 29 heavy (non-hydrogen) atoms. The molecule has 4 rings (SSSR count). The first kappa shape index (κ1) is 18.7. The van der Waals surface area contributed by atoms with Crippen molar-refractivity contribution in [1.29, 1.82) is 0 Å². The second-order valence-electron chi connectivity index (χ2n) is 6.82. The Labute approximate surface area is 169 Å². The first-order valence-corrected chi connectivity index (χ1v) is 9.60. The highest BCUT2D eigenvalue weighted by atomic mass is 16.4. The van der Waals surface area contributed by atoms with Gasteiger partial charge in [0, 0.05) is 36.0 Å². The van der Waals surface area contributed by atoms with Gasteiger partial charge in [-0.15, -0.1) is 0 Å². The van der Waals surface area contributed by atoms with Crippen LogP contribution in [0.1, 0.15) is 24.4 Å². The fourth-order valence-corrected chi connectivity index (χ4v) is 3.14. The van der Waals surface area contributed by atoms with Gasteiger partial charge in [-0.25, -0.2) is 9.67 Å². The molecule has 6 heteroatoms. The Balaban J connectivity index is 1.30. The number of carbonyl (C=O) groups excluding carboxylic acids is 1. The molecule has 4 aromatic rings. The minimum atomic E-state index is -0.0332. The molecule has 0 saturated heterocycles. The molecule has 0 bridgehead atoms. The molecule has 0 saturated carbocycles. The zero-order chi connectivity index (χ0) is 20.1. The van der Waals surface area contributed by atoms with E-state index in [4.69, 9.17) is 4.42 Å². The number of nitrogens with zero attached hydrogens (tertiary/aromatic N) is 3. The zero-order valence-corrected chi connectivity index (χ0v) is 16.2. The number of aryl methyl sites for hydroxylation is 2. The minimum Gasteiger partial charge on any atom is -0.441 e. The lowest BCUT2D eigenvalue weighted by Gasteiger charge is -2.08. The van der Waals surface area contributed by atoms with Crippen LogP contribution in [0, 0.1) is 6.92 Å². The molecule has 0 radical (unpaired) electrons. The number of anilines is 1. The summed E-state index contributed by atoms with van der Waals surface area (Å²) >= 11 is 0. The van der Waals surface area contributed by atoms with Gasteiger partial charge in [0.1, 0.15) is 0 Å². The van der Waals surface area contributed by atoms with E-state index in [1.54, 1.807) is 12.4 Å². The number of nitrogens with one attached hydrogen (secondary N) is 1. The van der Waals surface area contributed by atoms with Gasteiger partial charge in [-0.3, -0.25) is 4.79 Å². The van der Waals surface area contributed by atoms with Crippen molar-refractivity contribution < 1.29 is 9.21 Å². The van der Waals surface area contributed by atoms with E-state index in [-0.39, 0.29) is 5.91 Å². The molecule has 1 N–H and O–H groups in total. The van der Waals surface area contributed by atoms with Crippen LogP contribution >= 0.6 is 0 Å². The van der Waals surface area contributed by atoms with Crippen LogP contribution in [-0.4, -0.2) is 20.7 Å². The zero-order valence-electron chi connectivity index (χ0n) is 16.2. The molecule has 2 heterocycles. The number of carbonyl (C=O) groups is 1. The third-order valence-electron chi connectivity index (χ3n) is 4.61. The Morgan fingerprint density at radius 1 is 1.10 bits per heavy atom. The van der Waals surface area contributed by atoms with Gasteiger partial charge in [0.05, 0.1) is 11.9 Å². The van der Waals surface area contributed by atoms with Crippen LogP contribution < -0.4 is 5.32 Å². The van der Waals surface area contributed by atoms with Crippen LogP contribution in [0.5, 0.6) is 0 Å². The van der Waals surface area contributed by atoms with Gasteiger partial charge in [0.25, 0.3) is 0 Å². The molecular weight excluding hydrogens is 364 g/mol. The Bertz CT molecular complexity index is 1100. The topological polar surface area (TPSA) is 73.0 Å². The SMILES string of the molecule is Cc1ccnn1-c1cccc(NC(=O)CCCc2ncc(-c3ccccc3)o2)c1. The molecule has 0 atom stereocenters. The van der Waals surface area contributed by atoms with Crippen molar-refractivity contribution in [2.24, 2.45) is 0 Å². The van der Waals surface area contributed by atoms with Gasteiger partial charge in [-0.05, 0) is 37.6 Å². The molecule has 1 amide bonds. The van der Waals surface area contributed by atoms with E-state index in [0.717, 1.165) is 28.4 Å². The van der Waals surface area contributed by atoms with Gasteiger partial charge in [-0.2, -0.15) is 5.10 Å². The molecule has 0 unspecified atom stereocenters. The Morgan fingerprint density at radius 3 is 2.76 bits per heavy atom. The number of hydrogen-bond acceptors (Lipinski definition) is 4. The molecule has 0 aliphatic heterocycles. The molecule has 0 aliphatic carbocycles. The molecule has 0 spiro atoms. The summed E-state index contributed by atoms with van der Waals surface area (Å²) in [6.07, 6.45) is 5.17. The second kappa shape index (κ2) is 8.56. The van der Waals surface area contributed by atoms with Crippen molar-refractivity contribution in [3.8, 4) is 17.0 Å². The number of hydrogen-bond donors (Lipinski definition) is 1. The maximum atomic E-state index is 12.3. The average Bonchev–Trinajstić information content (AvgIpc) is 3.38. The first-order valence-electron chi connectivity index (χ1n) is 9.60. The number of aromatic nitrogens is 3. The summed E-state index contributed by atoms with van der Waals surface area (Å²) in [6.45, 7) is 1.99. The van der Waals surface area contributed by atoms with Crippen molar-refractivity contribution in [2.45, 2.75) is 26.2 Å². The summed E-state index contributed by atoms with van der Waals surface area (Å²) in [5, 5.41) is 7.25. The summed E-state index contributed by atoms with van der Waals surface area (Å²) in [6, 6.07) is 19.5. The summed E-state index contributed by atoms with van der Waals surface area (Å²) in [7, 11) is 0. The Morgan fingerprint density at radius 2 is 1.97 bits per heavy atom. The number of amides is 1. The molecule has 6 nitrogen and oxygen atoms in total. The molecular formula is C23H22N4O2. The molecule has 2 aromatic carbocycles. The summed E-state index contributed by atoms with van der Waals surface area (Å²) in [4.78, 5) is 16.6. The molecule has 0 aliphatic rings. The van der Waals surface area contributed by atoms with Crippen LogP contribution in [0.3, 0.4) is 0 Å². The van der Waals surface area contributed by atoms with E-state index >= 15 is 0 Å². The van der Waals surface area contributed by atoms with Gasteiger partial charge < -0.3 is 9.73 Å². The third kappa shape index (κ3) is 4.60. The average molecular weight is 386 g/mol. The molecule has 0 fully saturated rings. The lowest BCUT2D eigenvalue weighted by molar-refractivity contribution is -0.116. The predicted octanol–water partition coefficient (Wildman–Crippen LogP) is 4.80. The lowest BCUT2D eigenvalue weighted by Crippen LogP contribution is -2.12. The third-order valence-corrected chi connectivity index (χ3v) is 4.61. The van der Waals surface area contributed by atoms with Crippen LogP contribution in [0.25, 0.3) is 17.0 Å². The van der Waals surface area contributed by atoms with Crippen LogP contribution in [0.15, 0.2) is 77.5 Å². The molecule has 146 valence electrons. The highest BCUT2D eigenvalue weighted by Crippen LogP contribution is 2.21. The maximum absolute atomic E-state index is 12.3. The fraction of sp³-hybridized carbons (Fsp3) is 0.174. The van der Waals surface area contributed by atoms with Crippen LogP contribution in [-0.2, 0) is 11.2 Å². The summed E-state index contributed by atoms with van der Waals surface area (Å²) in [5.74, 6) is 1.36. The molecule has 2 aromatic heterocycles. The number of benzene rings is 2. The first-order chi connectivity index (χ1) is 14.2. The maximum Gasteiger partial charge on any atom is 0.224 e. The minimum absolute atomic E-state index is 0.0332. The van der Waals surface area contributed by atoms with E-state index in [1.165, 1.54) is 0 Å². The van der Waals surface area contributed by atoms with Crippen molar-refractivity contribution in [2.75, 3.05) is 5.32 Å². The second-order valence-corrected chi connectivity index (χ2v) is 6.82. The smallest absolute Gasteiger partial charge is 0.224 e. The normalized spacial score (nSPS) is 10.8. The summed E-state index contributed by atoms with van der Waals surface area (Å²) in [5.41, 5.74) is 3.70. The largest absolute Gasteiger partial charge is 0.441 e. The lowest BCUT2D eigenvalue weighted by atomic mass is 10.2. The van der Waals surface area contributed by atoms with Crippen LogP contribution in [0.4, 0.5) is 5.69 Å². The van der Waals surface area contributed by atoms with Crippen LogP contribution in [0.2, 0.25) is 0 Å². The van der Waals surface area contributed by atoms with E-state index < -0.39 is 0 Å². The number of rotatable bonds is 7. The van der Waals surface area contributed by atoms with Gasteiger partial charge in [0.15, 0.2) is 11.7 Å². The quantitative estimate of drug-likeness (QED) is 0.495. The van der Waals surface area contributed by atoms with Crippen molar-refractivity contribution in [3.05, 3.63) is 84.6 Å². The predicted molar refractivity (Wildman–Crippen MR) is 112 cm³/mol. The highest BCUT2D eigenvalue weighted by molar-refractivity contribution is 5.90. The van der Waals surface area contributed by atoms with E-state index in [9.17, 15) is 4.79 Å². The van der Waals surface area contributed by atoms with Crippen molar-refractivity contribution >= 4 is 11.6 Å². The Hall–Kier alpha value is -3.67. The fourth-order valence-electron chi connectivity index (χ4n) is 3.14. The van der Waals surface area contributed by atoms with Gasteiger partial charge >= 0.3 is 0 Å². The number of oxazole rings is 1. The highest BCUT2D eigenvalue weighted by Gasteiger charge is 2.09. The van der Waals surface area contributed by atoms with E-state index in [1.807, 2.05) is 72.3 Å². The standard InChI is InChI=1S/C23H22N4O2/c1-17-13-14-25-27(17)20-10-5-9-19(15-20)26-22(28)11-6-12-23-24-16-21(29-23)18-7-3-2-4-8-18/h2-5,7-10,13-16H,6,11-12H2,1H3,(H,26,28). The van der Waals surface area contributed by atoms with Crippen molar-refractivity contribution in [1.82, 2.24) is 14.8 Å².